The van der Waals surface area contributed by atoms with E-state index in [1.54, 1.807) is 24.4 Å². The summed E-state index contributed by atoms with van der Waals surface area (Å²) in [4.78, 5) is 6.47. The topological polar surface area (TPSA) is 91.1 Å². The van der Waals surface area contributed by atoms with Gasteiger partial charge in [-0.05, 0) is 22.7 Å². The molecule has 0 radical (unpaired) electrons. The minimum atomic E-state index is -0.906. The zero-order valence-electron chi connectivity index (χ0n) is 11.9. The van der Waals surface area contributed by atoms with Gasteiger partial charge in [-0.25, -0.2) is 4.98 Å². The summed E-state index contributed by atoms with van der Waals surface area (Å²) in [7, 11) is 1.44. The van der Waals surface area contributed by atoms with Crippen LogP contribution in [0, 0.1) is 0 Å². The van der Waals surface area contributed by atoms with Crippen molar-refractivity contribution < 1.29 is 14.2 Å². The number of azide groups is 1. The van der Waals surface area contributed by atoms with E-state index in [-0.39, 0.29) is 5.88 Å². The van der Waals surface area contributed by atoms with Crippen molar-refractivity contribution in [3.8, 4) is 17.0 Å². The number of hydrogen-bond acceptors (Lipinski definition) is 4. The average Bonchev–Trinajstić information content (AvgIpc) is 2.56. The van der Waals surface area contributed by atoms with Gasteiger partial charge in [0.1, 0.15) is 6.67 Å². The molecule has 0 aliphatic rings. The Morgan fingerprint density at radius 2 is 1.95 bits per heavy atom. The zero-order chi connectivity index (χ0) is 15.9. The van der Waals surface area contributed by atoms with E-state index < -0.39 is 18.8 Å². The maximum absolute atomic E-state index is 13.0. The molecule has 2 rings (SSSR count). The number of benzene rings is 1. The Bertz CT molecular complexity index is 654. The van der Waals surface area contributed by atoms with Crippen molar-refractivity contribution in [2.45, 2.75) is 12.1 Å². The molecule has 0 aliphatic carbocycles. The number of ether oxygens (including phenoxy) is 1. The van der Waals surface area contributed by atoms with Crippen LogP contribution in [0.3, 0.4) is 0 Å². The van der Waals surface area contributed by atoms with Gasteiger partial charge in [-0.2, -0.15) is 0 Å². The predicted octanol–water partition coefficient (Wildman–Crippen LogP) is 3.79. The minimum absolute atomic E-state index is 0.0417. The number of nitrogens with zero attached hydrogens (tertiary/aromatic N) is 4. The lowest BCUT2D eigenvalue weighted by Gasteiger charge is -2.20. The third-order valence-electron chi connectivity index (χ3n) is 3.28. The van der Waals surface area contributed by atoms with Gasteiger partial charge in [0, 0.05) is 29.8 Å². The van der Waals surface area contributed by atoms with Crippen molar-refractivity contribution in [2.75, 3.05) is 13.8 Å². The van der Waals surface area contributed by atoms with Gasteiger partial charge in [0.25, 0.3) is 0 Å². The van der Waals surface area contributed by atoms with Gasteiger partial charge in [-0.1, -0.05) is 29.4 Å². The summed E-state index contributed by atoms with van der Waals surface area (Å²) in [5.41, 5.74) is 10.9. The molecule has 2 atom stereocenters. The van der Waals surface area contributed by atoms with E-state index in [1.807, 2.05) is 12.1 Å². The molecule has 1 aromatic heterocycles. The molecule has 0 fully saturated rings. The second kappa shape index (κ2) is 7.40. The number of hydrogen-bond donors (Lipinski definition) is 1. The fourth-order valence-corrected chi connectivity index (χ4v) is 2.18. The van der Waals surface area contributed by atoms with E-state index >= 15 is 0 Å². The van der Waals surface area contributed by atoms with Crippen molar-refractivity contribution >= 4 is 0 Å². The number of rotatable bonds is 6. The van der Waals surface area contributed by atoms with E-state index in [0.29, 0.717) is 5.56 Å². The highest BCUT2D eigenvalue weighted by molar-refractivity contribution is 5.63. The second-order valence-electron chi connectivity index (χ2n) is 4.61. The van der Waals surface area contributed by atoms with Crippen LogP contribution in [-0.2, 0) is 4.74 Å². The van der Waals surface area contributed by atoms with Gasteiger partial charge in [0.05, 0.1) is 12.1 Å². The largest absolute Gasteiger partial charge is 0.493 e. The molecule has 1 N–H and O–H groups in total. The molecule has 0 aliphatic heterocycles. The lowest BCUT2D eigenvalue weighted by molar-refractivity contribution is 0.0722. The summed E-state index contributed by atoms with van der Waals surface area (Å²) in [6, 6.07) is 9.58. The SMILES string of the molecule is CO[C@H](c1ccc(-c2ccc(O)nc2)cc1)C(CF)N=[N+]=[N-]. The molecule has 0 bridgehead atoms. The monoisotopic (exact) mass is 302 g/mol. The molecule has 7 heteroatoms. The molecular weight excluding hydrogens is 287 g/mol. The van der Waals surface area contributed by atoms with Gasteiger partial charge in [0.15, 0.2) is 0 Å². The van der Waals surface area contributed by atoms with E-state index in [4.69, 9.17) is 10.3 Å². The third kappa shape index (κ3) is 3.52. The fourth-order valence-electron chi connectivity index (χ4n) is 2.18. The van der Waals surface area contributed by atoms with Crippen molar-refractivity contribution in [3.63, 3.8) is 0 Å². The number of methoxy groups -OCH3 is 1. The van der Waals surface area contributed by atoms with Crippen LogP contribution in [0.5, 0.6) is 5.88 Å². The smallest absolute Gasteiger partial charge is 0.210 e. The molecule has 0 spiro atoms. The quantitative estimate of drug-likeness (QED) is 0.500. The molecule has 1 aromatic carbocycles. The van der Waals surface area contributed by atoms with Gasteiger partial charge in [0.2, 0.25) is 5.88 Å². The van der Waals surface area contributed by atoms with E-state index in [9.17, 15) is 9.50 Å². The lowest BCUT2D eigenvalue weighted by atomic mass is 10.00. The van der Waals surface area contributed by atoms with Crippen LogP contribution in [0.4, 0.5) is 4.39 Å². The molecule has 6 nitrogen and oxygen atoms in total. The molecule has 1 heterocycles. The Hall–Kier alpha value is -2.63. The first-order chi connectivity index (χ1) is 10.7. The van der Waals surface area contributed by atoms with E-state index in [0.717, 1.165) is 11.1 Å². The van der Waals surface area contributed by atoms with Gasteiger partial charge >= 0.3 is 0 Å². The van der Waals surface area contributed by atoms with Crippen LogP contribution in [0.25, 0.3) is 21.6 Å². The van der Waals surface area contributed by atoms with Crippen LogP contribution < -0.4 is 0 Å². The maximum Gasteiger partial charge on any atom is 0.210 e. The maximum atomic E-state index is 13.0. The Morgan fingerprint density at radius 3 is 2.45 bits per heavy atom. The molecule has 0 amide bonds. The number of pyridine rings is 1. The zero-order valence-corrected chi connectivity index (χ0v) is 11.9. The van der Waals surface area contributed by atoms with Crippen molar-refractivity contribution in [1.82, 2.24) is 4.98 Å². The van der Waals surface area contributed by atoms with Gasteiger partial charge in [-0.3, -0.25) is 4.39 Å². The molecule has 0 saturated heterocycles. The van der Waals surface area contributed by atoms with Crippen LogP contribution >= 0.6 is 0 Å². The first-order valence-electron chi connectivity index (χ1n) is 6.58. The van der Waals surface area contributed by atoms with Gasteiger partial charge < -0.3 is 9.84 Å². The summed E-state index contributed by atoms with van der Waals surface area (Å²) in [6.07, 6.45) is 0.913. The molecule has 2 aromatic rings. The lowest BCUT2D eigenvalue weighted by Crippen LogP contribution is -2.20. The van der Waals surface area contributed by atoms with Gasteiger partial charge in [-0.15, -0.1) is 0 Å². The van der Waals surface area contributed by atoms with E-state index in [1.165, 1.54) is 13.2 Å². The summed E-state index contributed by atoms with van der Waals surface area (Å²) >= 11 is 0. The Balaban J connectivity index is 2.26. The summed E-state index contributed by atoms with van der Waals surface area (Å²) in [6.45, 7) is -0.799. The van der Waals surface area contributed by atoms with Crippen molar-refractivity contribution in [1.29, 1.82) is 0 Å². The summed E-state index contributed by atoms with van der Waals surface area (Å²) < 4.78 is 18.2. The van der Waals surface area contributed by atoms with E-state index in [2.05, 4.69) is 15.0 Å². The highest BCUT2D eigenvalue weighted by atomic mass is 19.1. The second-order valence-corrected chi connectivity index (χ2v) is 4.61. The molecule has 22 heavy (non-hydrogen) atoms. The number of aromatic hydroxyl groups is 1. The Morgan fingerprint density at radius 1 is 1.27 bits per heavy atom. The molecule has 114 valence electrons. The van der Waals surface area contributed by atoms with Crippen LogP contribution in [-0.4, -0.2) is 29.9 Å². The van der Waals surface area contributed by atoms with Crippen molar-refractivity contribution in [2.24, 2.45) is 5.11 Å². The third-order valence-corrected chi connectivity index (χ3v) is 3.28. The molecule has 1 unspecified atom stereocenters. The Kier molecular flexibility index (Phi) is 5.30. The van der Waals surface area contributed by atoms with Crippen LogP contribution in [0.2, 0.25) is 0 Å². The Labute approximate surface area is 126 Å². The highest BCUT2D eigenvalue weighted by Crippen LogP contribution is 2.27. The predicted molar refractivity (Wildman–Crippen MR) is 80.0 cm³/mol. The highest BCUT2D eigenvalue weighted by Gasteiger charge is 2.22. The first kappa shape index (κ1) is 15.8. The fraction of sp³-hybridized carbons (Fsp3) is 0.267. The normalized spacial score (nSPS) is 13.2. The average molecular weight is 302 g/mol. The van der Waals surface area contributed by atoms with Crippen LogP contribution in [0.15, 0.2) is 47.7 Å². The minimum Gasteiger partial charge on any atom is -0.493 e. The number of aromatic nitrogens is 1. The summed E-state index contributed by atoms with van der Waals surface area (Å²) in [5.74, 6) is -0.0417. The standard InChI is InChI=1S/C15H15FN4O2/c1-22-15(13(8-16)19-20-17)11-4-2-10(3-5-11)12-6-7-14(21)18-9-12/h2-7,9,13,15H,8H2,1H3,(H,18,21)/t13?,15-/m1/s1. The first-order valence-corrected chi connectivity index (χ1v) is 6.58. The molecule has 0 saturated carbocycles. The van der Waals surface area contributed by atoms with Crippen LogP contribution in [0.1, 0.15) is 11.7 Å². The number of alkyl halides is 1. The summed E-state index contributed by atoms with van der Waals surface area (Å²) in [5, 5.41) is 12.6. The number of halogens is 1. The molecular formula is C15H15FN4O2. The van der Waals surface area contributed by atoms with Crippen molar-refractivity contribution in [3.05, 3.63) is 58.6 Å².